The van der Waals surface area contributed by atoms with Crippen LogP contribution in [0.15, 0.2) is 29.2 Å². The fraction of sp³-hybridized carbons (Fsp3) is 0.417. The third kappa shape index (κ3) is 2.19. The summed E-state index contributed by atoms with van der Waals surface area (Å²) in [6, 6.07) is 6.14. The van der Waals surface area contributed by atoms with Crippen molar-refractivity contribution in [1.29, 1.82) is 0 Å². The molecule has 1 aliphatic heterocycles. The average molecular weight is 285 g/mol. The third-order valence-electron chi connectivity index (χ3n) is 3.06. The van der Waals surface area contributed by atoms with Gasteiger partial charge in [-0.2, -0.15) is 4.31 Å². The first-order chi connectivity index (χ1) is 8.81. The van der Waals surface area contributed by atoms with Crippen LogP contribution in [0.5, 0.6) is 0 Å². The van der Waals surface area contributed by atoms with E-state index in [1.807, 2.05) is 6.92 Å². The molecule has 1 heterocycles. The van der Waals surface area contributed by atoms with Crippen LogP contribution in [0.1, 0.15) is 12.5 Å². The molecule has 1 N–H and O–H groups in total. The molecule has 2 rings (SSSR count). The first kappa shape index (κ1) is 13.8. The van der Waals surface area contributed by atoms with E-state index in [1.54, 1.807) is 12.1 Å². The highest BCUT2D eigenvalue weighted by Gasteiger charge is 2.50. The standard InChI is InChI=1S/C12H15NO5S/c1-9-3-5-10(6-4-9)19(16,17)13-11(15)18-8-12(13,2)7-14/h3-6,14H,7-8H2,1-2H3. The molecule has 1 unspecified atom stereocenters. The molecule has 0 spiro atoms. The Balaban J connectivity index is 2.49. The summed E-state index contributed by atoms with van der Waals surface area (Å²) in [6.45, 7) is 2.64. The summed E-state index contributed by atoms with van der Waals surface area (Å²) >= 11 is 0. The highest BCUT2D eigenvalue weighted by atomic mass is 32.2. The van der Waals surface area contributed by atoms with E-state index >= 15 is 0 Å². The molecule has 7 heteroatoms. The minimum Gasteiger partial charge on any atom is -0.446 e. The van der Waals surface area contributed by atoms with Crippen molar-refractivity contribution in [1.82, 2.24) is 4.31 Å². The number of carbonyl (C=O) groups excluding carboxylic acids is 1. The van der Waals surface area contributed by atoms with Crippen LogP contribution in [-0.2, 0) is 14.8 Å². The maximum atomic E-state index is 12.4. The van der Waals surface area contributed by atoms with E-state index in [1.165, 1.54) is 19.1 Å². The van der Waals surface area contributed by atoms with Crippen molar-refractivity contribution in [3.05, 3.63) is 29.8 Å². The number of sulfonamides is 1. The number of benzene rings is 1. The summed E-state index contributed by atoms with van der Waals surface area (Å²) in [5.41, 5.74) is -0.353. The first-order valence-corrected chi connectivity index (χ1v) is 7.15. The van der Waals surface area contributed by atoms with Crippen LogP contribution in [0.25, 0.3) is 0 Å². The van der Waals surface area contributed by atoms with Crippen molar-refractivity contribution in [3.8, 4) is 0 Å². The van der Waals surface area contributed by atoms with Gasteiger partial charge in [0, 0.05) is 0 Å². The van der Waals surface area contributed by atoms with Crippen LogP contribution in [0.3, 0.4) is 0 Å². The Bertz CT molecular complexity index is 595. The Morgan fingerprint density at radius 3 is 2.47 bits per heavy atom. The van der Waals surface area contributed by atoms with E-state index in [4.69, 9.17) is 4.74 Å². The molecule has 1 fully saturated rings. The molecule has 6 nitrogen and oxygen atoms in total. The number of hydrogen-bond acceptors (Lipinski definition) is 5. The summed E-state index contributed by atoms with van der Waals surface area (Å²) < 4.78 is 30.3. The normalized spacial score (nSPS) is 23.5. The average Bonchev–Trinajstić information content (AvgIpc) is 2.67. The van der Waals surface area contributed by atoms with E-state index < -0.39 is 28.3 Å². The van der Waals surface area contributed by atoms with Gasteiger partial charge in [-0.15, -0.1) is 0 Å². The molecular formula is C12H15NO5S. The molecule has 1 aromatic carbocycles. The Hall–Kier alpha value is -1.60. The summed E-state index contributed by atoms with van der Waals surface area (Å²) in [5.74, 6) is 0. The van der Waals surface area contributed by atoms with Gasteiger partial charge in [0.25, 0.3) is 10.0 Å². The quantitative estimate of drug-likeness (QED) is 0.891. The summed E-state index contributed by atoms with van der Waals surface area (Å²) in [6.07, 6.45) is -0.961. The second kappa shape index (κ2) is 4.50. The van der Waals surface area contributed by atoms with Gasteiger partial charge in [-0.25, -0.2) is 13.2 Å². The van der Waals surface area contributed by atoms with Crippen molar-refractivity contribution < 1.29 is 23.1 Å². The minimum atomic E-state index is -4.03. The van der Waals surface area contributed by atoms with Gasteiger partial charge in [0.1, 0.15) is 12.1 Å². The molecule has 0 saturated carbocycles. The van der Waals surface area contributed by atoms with Crippen LogP contribution in [-0.4, -0.2) is 42.7 Å². The van der Waals surface area contributed by atoms with Crippen molar-refractivity contribution in [3.63, 3.8) is 0 Å². The zero-order valence-electron chi connectivity index (χ0n) is 10.7. The van der Waals surface area contributed by atoms with Crippen LogP contribution in [0, 0.1) is 6.92 Å². The molecule has 1 aromatic rings. The van der Waals surface area contributed by atoms with E-state index in [9.17, 15) is 18.3 Å². The summed E-state index contributed by atoms with van der Waals surface area (Å²) in [7, 11) is -4.03. The number of amides is 1. The Morgan fingerprint density at radius 1 is 1.37 bits per heavy atom. The van der Waals surface area contributed by atoms with Crippen molar-refractivity contribution in [2.75, 3.05) is 13.2 Å². The van der Waals surface area contributed by atoms with Gasteiger partial charge in [0.2, 0.25) is 0 Å². The molecule has 0 aromatic heterocycles. The first-order valence-electron chi connectivity index (χ1n) is 5.71. The second-order valence-electron chi connectivity index (χ2n) is 4.79. The highest BCUT2D eigenvalue weighted by Crippen LogP contribution is 2.30. The largest absolute Gasteiger partial charge is 0.446 e. The molecule has 0 aliphatic carbocycles. The van der Waals surface area contributed by atoms with Gasteiger partial charge in [0.15, 0.2) is 0 Å². The number of hydrogen-bond donors (Lipinski definition) is 1. The van der Waals surface area contributed by atoms with Gasteiger partial charge in [-0.05, 0) is 26.0 Å². The minimum absolute atomic E-state index is 0.00312. The van der Waals surface area contributed by atoms with Crippen molar-refractivity contribution in [2.24, 2.45) is 0 Å². The van der Waals surface area contributed by atoms with Gasteiger partial charge in [0.05, 0.1) is 11.5 Å². The zero-order chi connectivity index (χ0) is 14.3. The molecule has 1 saturated heterocycles. The summed E-state index contributed by atoms with van der Waals surface area (Å²) in [4.78, 5) is 11.6. The van der Waals surface area contributed by atoms with Gasteiger partial charge in [-0.3, -0.25) is 0 Å². The Kier molecular flexibility index (Phi) is 3.27. The number of ether oxygens (including phenoxy) is 1. The molecule has 1 aliphatic rings. The number of cyclic esters (lactones) is 1. The Morgan fingerprint density at radius 2 is 1.95 bits per heavy atom. The van der Waals surface area contributed by atoms with Crippen LogP contribution in [0.4, 0.5) is 4.79 Å². The maximum Gasteiger partial charge on any atom is 0.424 e. The zero-order valence-corrected chi connectivity index (χ0v) is 11.5. The maximum absolute atomic E-state index is 12.4. The predicted octanol–water partition coefficient (Wildman–Crippen LogP) is 0.887. The number of carbonyl (C=O) groups is 1. The lowest BCUT2D eigenvalue weighted by atomic mass is 10.1. The van der Waals surface area contributed by atoms with Crippen LogP contribution < -0.4 is 0 Å². The Labute approximate surface area is 111 Å². The lowest BCUT2D eigenvalue weighted by Gasteiger charge is -2.28. The smallest absolute Gasteiger partial charge is 0.424 e. The molecule has 0 radical (unpaired) electrons. The monoisotopic (exact) mass is 285 g/mol. The molecule has 1 atom stereocenters. The number of aliphatic hydroxyl groups is 1. The number of aliphatic hydroxyl groups excluding tert-OH is 1. The lowest BCUT2D eigenvalue weighted by Crippen LogP contribution is -2.50. The second-order valence-corrected chi connectivity index (χ2v) is 6.58. The number of rotatable bonds is 3. The van der Waals surface area contributed by atoms with Crippen LogP contribution in [0.2, 0.25) is 0 Å². The molecule has 104 valence electrons. The SMILES string of the molecule is Cc1ccc(S(=O)(=O)N2C(=O)OCC2(C)CO)cc1. The van der Waals surface area contributed by atoms with Crippen molar-refractivity contribution in [2.45, 2.75) is 24.3 Å². The number of aryl methyl sites for hydroxylation is 1. The summed E-state index contributed by atoms with van der Waals surface area (Å²) in [5, 5.41) is 9.33. The van der Waals surface area contributed by atoms with E-state index in [2.05, 4.69) is 0 Å². The van der Waals surface area contributed by atoms with Crippen LogP contribution >= 0.6 is 0 Å². The highest BCUT2D eigenvalue weighted by molar-refractivity contribution is 7.89. The van der Waals surface area contributed by atoms with E-state index in [-0.39, 0.29) is 11.5 Å². The number of nitrogens with zero attached hydrogens (tertiary/aromatic N) is 1. The molecule has 1 amide bonds. The third-order valence-corrected chi connectivity index (χ3v) is 5.00. The van der Waals surface area contributed by atoms with E-state index in [0.717, 1.165) is 5.56 Å². The van der Waals surface area contributed by atoms with Crippen molar-refractivity contribution >= 4 is 16.1 Å². The topological polar surface area (TPSA) is 83.9 Å². The van der Waals surface area contributed by atoms with Gasteiger partial charge >= 0.3 is 6.09 Å². The lowest BCUT2D eigenvalue weighted by molar-refractivity contribution is 0.139. The fourth-order valence-electron chi connectivity index (χ4n) is 1.87. The molecule has 19 heavy (non-hydrogen) atoms. The van der Waals surface area contributed by atoms with Gasteiger partial charge in [-0.1, -0.05) is 17.7 Å². The van der Waals surface area contributed by atoms with E-state index in [0.29, 0.717) is 4.31 Å². The predicted molar refractivity (Wildman–Crippen MR) is 67.0 cm³/mol. The molecular weight excluding hydrogens is 270 g/mol. The van der Waals surface area contributed by atoms with Gasteiger partial charge < -0.3 is 9.84 Å². The fourth-order valence-corrected chi connectivity index (χ4v) is 3.50. The molecule has 0 bridgehead atoms.